The van der Waals surface area contributed by atoms with Crippen LogP contribution < -0.4 is 22.0 Å². The number of hydrogen-bond acceptors (Lipinski definition) is 3. The Balaban J connectivity index is 0.00000288. The zero-order chi connectivity index (χ0) is 16.7. The van der Waals surface area contributed by atoms with E-state index in [0.29, 0.717) is 12.3 Å². The normalized spacial score (nSPS) is 11.1. The van der Waals surface area contributed by atoms with E-state index in [4.69, 9.17) is 0 Å². The van der Waals surface area contributed by atoms with Gasteiger partial charge in [0.25, 0.3) is 0 Å². The van der Waals surface area contributed by atoms with Gasteiger partial charge in [0.2, 0.25) is 0 Å². The Labute approximate surface area is 153 Å². The molecule has 0 aliphatic carbocycles. The first-order valence-corrected chi connectivity index (χ1v) is 7.73. The molecule has 24 heavy (non-hydrogen) atoms. The lowest BCUT2D eigenvalue weighted by Crippen LogP contribution is -3.00. The number of benzene rings is 2. The molecule has 2 rings (SSSR count). The molecule has 0 saturated heterocycles. The van der Waals surface area contributed by atoms with Crippen LogP contribution in [0.2, 0.25) is 0 Å². The average molecular weight is 391 g/mol. The number of halogens is 1. The Kier molecular flexibility index (Phi) is 8.19. The monoisotopic (exact) mass is 390 g/mol. The van der Waals surface area contributed by atoms with E-state index in [0.717, 1.165) is 35.2 Å². The first-order chi connectivity index (χ1) is 11.1. The van der Waals surface area contributed by atoms with Crippen LogP contribution >= 0.6 is 0 Å². The third kappa shape index (κ3) is 5.49. The van der Waals surface area contributed by atoms with Gasteiger partial charge in [0.1, 0.15) is 18.0 Å². The van der Waals surface area contributed by atoms with E-state index >= 15 is 0 Å². The van der Waals surface area contributed by atoms with Crippen molar-refractivity contribution >= 4 is 12.4 Å². The molecular formula is C19H23BrN2O2. The third-order valence-corrected chi connectivity index (χ3v) is 3.63. The highest BCUT2D eigenvalue weighted by atomic mass is 79.9. The van der Waals surface area contributed by atoms with E-state index < -0.39 is 0 Å². The van der Waals surface area contributed by atoms with Crippen LogP contribution in [0, 0.1) is 13.8 Å². The van der Waals surface area contributed by atoms with Crippen molar-refractivity contribution in [1.82, 2.24) is 0 Å². The molecule has 3 N–H and O–H groups in total. The van der Waals surface area contributed by atoms with Gasteiger partial charge in [0.15, 0.2) is 6.21 Å². The van der Waals surface area contributed by atoms with Crippen LogP contribution in [0.15, 0.2) is 41.4 Å². The molecule has 0 atom stereocenters. The van der Waals surface area contributed by atoms with Crippen LogP contribution in [0.3, 0.4) is 0 Å². The molecule has 5 heteroatoms. The van der Waals surface area contributed by atoms with Gasteiger partial charge in [-0.25, -0.2) is 4.99 Å². The molecule has 0 bridgehead atoms. The van der Waals surface area contributed by atoms with Crippen molar-refractivity contribution in [3.63, 3.8) is 0 Å². The summed E-state index contributed by atoms with van der Waals surface area (Å²) in [6, 6.07) is 11.3. The molecule has 0 spiro atoms. The van der Waals surface area contributed by atoms with Crippen LogP contribution in [0.1, 0.15) is 28.7 Å². The summed E-state index contributed by atoms with van der Waals surface area (Å²) in [6.45, 7) is 5.19. The number of rotatable bonds is 6. The Bertz CT molecular complexity index is 666. The maximum Gasteiger partial charge on any atom is 0.172 e. The molecule has 4 nitrogen and oxygen atoms in total. The maximum absolute atomic E-state index is 9.89. The van der Waals surface area contributed by atoms with Crippen molar-refractivity contribution in [2.24, 2.45) is 4.99 Å². The smallest absolute Gasteiger partial charge is 0.172 e. The van der Waals surface area contributed by atoms with E-state index in [-0.39, 0.29) is 22.7 Å². The molecular weight excluding hydrogens is 368 g/mol. The second-order valence-corrected chi connectivity index (χ2v) is 5.51. The Morgan fingerprint density at radius 3 is 2.21 bits per heavy atom. The first-order valence-electron chi connectivity index (χ1n) is 7.73. The number of nitrogens with zero attached hydrogens (tertiary/aromatic N) is 1. The number of phenols is 2. The minimum atomic E-state index is 0. The second kappa shape index (κ2) is 9.88. The summed E-state index contributed by atoms with van der Waals surface area (Å²) in [7, 11) is 0. The van der Waals surface area contributed by atoms with Crippen LogP contribution in [-0.2, 0) is 0 Å². The molecule has 0 unspecified atom stereocenters. The number of nitrogens with one attached hydrogen (secondary N) is 1. The topological polar surface area (TPSA) is 66.8 Å². The summed E-state index contributed by atoms with van der Waals surface area (Å²) in [5.74, 6) is 0.602. The third-order valence-electron chi connectivity index (χ3n) is 3.63. The van der Waals surface area contributed by atoms with Gasteiger partial charge in [-0.05, 0) is 37.1 Å². The quantitative estimate of drug-likeness (QED) is 0.425. The highest BCUT2D eigenvalue weighted by Gasteiger charge is 2.03. The van der Waals surface area contributed by atoms with Crippen molar-refractivity contribution in [3.8, 4) is 11.5 Å². The van der Waals surface area contributed by atoms with E-state index in [9.17, 15) is 10.2 Å². The average Bonchev–Trinajstić information content (AvgIpc) is 2.54. The van der Waals surface area contributed by atoms with Gasteiger partial charge in [-0.3, -0.25) is 4.99 Å². The van der Waals surface area contributed by atoms with Gasteiger partial charge in [-0.15, -0.1) is 0 Å². The van der Waals surface area contributed by atoms with Gasteiger partial charge < -0.3 is 27.2 Å². The molecule has 2 aromatic carbocycles. The zero-order valence-electron chi connectivity index (χ0n) is 14.0. The number of aryl methyl sites for hydroxylation is 2. The largest absolute Gasteiger partial charge is 1.00 e. The fourth-order valence-electron chi connectivity index (χ4n) is 2.20. The fourth-order valence-corrected chi connectivity index (χ4v) is 2.20. The SMILES string of the molecule is Cc1cccc(C=NCCC[NH+]=Cc2cccc(C)c2O)c1O.[Br-]. The van der Waals surface area contributed by atoms with Crippen molar-refractivity contribution < 1.29 is 32.2 Å². The highest BCUT2D eigenvalue weighted by molar-refractivity contribution is 5.84. The lowest BCUT2D eigenvalue weighted by atomic mass is 10.1. The highest BCUT2D eigenvalue weighted by Crippen LogP contribution is 2.19. The molecule has 0 aromatic heterocycles. The van der Waals surface area contributed by atoms with Gasteiger partial charge in [0, 0.05) is 24.7 Å². The van der Waals surface area contributed by atoms with Gasteiger partial charge in [-0.2, -0.15) is 0 Å². The van der Waals surface area contributed by atoms with E-state index in [2.05, 4.69) is 9.98 Å². The number of aromatic hydroxyl groups is 2. The number of para-hydroxylation sites is 2. The summed E-state index contributed by atoms with van der Waals surface area (Å²) in [5.41, 5.74) is 3.25. The molecule has 128 valence electrons. The predicted molar refractivity (Wildman–Crippen MR) is 93.8 cm³/mol. The molecule has 2 aromatic rings. The van der Waals surface area contributed by atoms with E-state index in [1.54, 1.807) is 6.21 Å². The lowest BCUT2D eigenvalue weighted by molar-refractivity contribution is -0.451. The van der Waals surface area contributed by atoms with Crippen LogP contribution in [0.25, 0.3) is 0 Å². The molecule has 0 aliphatic rings. The molecule has 0 radical (unpaired) electrons. The maximum atomic E-state index is 9.89. The molecule has 0 heterocycles. The summed E-state index contributed by atoms with van der Waals surface area (Å²) < 4.78 is 0. The van der Waals surface area contributed by atoms with Gasteiger partial charge in [0.05, 0.1) is 5.56 Å². The zero-order valence-corrected chi connectivity index (χ0v) is 15.5. The van der Waals surface area contributed by atoms with Crippen LogP contribution in [0.5, 0.6) is 11.5 Å². The summed E-state index contributed by atoms with van der Waals surface area (Å²) in [5, 5.41) is 19.8. The van der Waals surface area contributed by atoms with E-state index in [1.807, 2.05) is 56.5 Å². The summed E-state index contributed by atoms with van der Waals surface area (Å²) >= 11 is 0. The minimum Gasteiger partial charge on any atom is -1.00 e. The van der Waals surface area contributed by atoms with Crippen molar-refractivity contribution in [2.45, 2.75) is 20.3 Å². The molecule has 0 saturated carbocycles. The summed E-state index contributed by atoms with van der Waals surface area (Å²) in [4.78, 5) is 7.51. The predicted octanol–water partition coefficient (Wildman–Crippen LogP) is -1.27. The van der Waals surface area contributed by atoms with E-state index in [1.165, 1.54) is 0 Å². The number of aliphatic imine (C=N–C) groups is 1. The number of phenolic OH excluding ortho intramolecular Hbond substituents is 2. The van der Waals surface area contributed by atoms with Crippen LogP contribution in [0.4, 0.5) is 0 Å². The number of hydrogen-bond donors (Lipinski definition) is 3. The Morgan fingerprint density at radius 1 is 0.958 bits per heavy atom. The molecule has 0 aliphatic heterocycles. The Morgan fingerprint density at radius 2 is 1.54 bits per heavy atom. The molecule has 0 fully saturated rings. The molecule has 0 amide bonds. The second-order valence-electron chi connectivity index (χ2n) is 5.51. The first kappa shape index (κ1) is 19.9. The van der Waals surface area contributed by atoms with Crippen LogP contribution in [-0.4, -0.2) is 35.7 Å². The van der Waals surface area contributed by atoms with Gasteiger partial charge in [-0.1, -0.05) is 24.3 Å². The minimum absolute atomic E-state index is 0. The Hall–Kier alpha value is -2.14. The lowest BCUT2D eigenvalue weighted by Gasteiger charge is -2.01. The van der Waals surface area contributed by atoms with Gasteiger partial charge >= 0.3 is 0 Å². The summed E-state index contributed by atoms with van der Waals surface area (Å²) in [6.07, 6.45) is 4.39. The van der Waals surface area contributed by atoms with Crippen molar-refractivity contribution in [2.75, 3.05) is 13.1 Å². The van der Waals surface area contributed by atoms with Crippen molar-refractivity contribution in [1.29, 1.82) is 0 Å². The fraction of sp³-hybridized carbons (Fsp3) is 0.263. The van der Waals surface area contributed by atoms with Crippen molar-refractivity contribution in [3.05, 3.63) is 58.7 Å². The standard InChI is InChI=1S/C19H22N2O2.BrH/c1-14-6-3-8-16(18(14)22)12-20-10-5-11-21-13-17-9-4-7-15(2)19(17)23;/h3-4,6-9,12-13,22-23H,5,10-11H2,1-2H3;1H.